The smallest absolute Gasteiger partial charge is 0.126 e. The topological polar surface area (TPSA) is 55.5 Å². The van der Waals surface area contributed by atoms with Crippen LogP contribution in [0.3, 0.4) is 0 Å². The van der Waals surface area contributed by atoms with Crippen LogP contribution in [0.4, 0.5) is 0 Å². The largest absolute Gasteiger partial charge is 0.496 e. The Morgan fingerprint density at radius 1 is 1.16 bits per heavy atom. The molecule has 0 aliphatic heterocycles. The Hall–Kier alpha value is -1.58. The van der Waals surface area contributed by atoms with Crippen LogP contribution in [0.2, 0.25) is 0 Å². The number of aliphatic hydroxyl groups excluding tert-OH is 1. The first-order chi connectivity index (χ1) is 9.17. The van der Waals surface area contributed by atoms with Crippen LogP contribution in [0.15, 0.2) is 36.4 Å². The lowest BCUT2D eigenvalue weighted by Gasteiger charge is -2.20. The maximum Gasteiger partial charge on any atom is 0.126 e. The normalized spacial score (nSPS) is 14.3. The zero-order valence-electron chi connectivity index (χ0n) is 11.5. The van der Waals surface area contributed by atoms with Crippen molar-refractivity contribution in [2.75, 3.05) is 13.7 Å². The molecule has 0 spiro atoms. The average molecular weight is 259 g/mol. The third kappa shape index (κ3) is 2.88. The lowest BCUT2D eigenvalue weighted by Crippen LogP contribution is -2.17. The first-order valence-corrected chi connectivity index (χ1v) is 6.61. The van der Waals surface area contributed by atoms with Gasteiger partial charge >= 0.3 is 0 Å². The molecule has 0 aliphatic rings. The van der Waals surface area contributed by atoms with Crippen LogP contribution >= 0.6 is 0 Å². The van der Waals surface area contributed by atoms with E-state index in [1.54, 1.807) is 14.0 Å². The van der Waals surface area contributed by atoms with Crippen LogP contribution in [0, 0.1) is 0 Å². The minimum absolute atomic E-state index is 0.163. The quantitative estimate of drug-likeness (QED) is 0.868. The van der Waals surface area contributed by atoms with E-state index in [0.29, 0.717) is 13.0 Å². The lowest BCUT2D eigenvalue weighted by atomic mass is 9.89. The Morgan fingerprint density at radius 2 is 1.84 bits per heavy atom. The highest BCUT2D eigenvalue weighted by Gasteiger charge is 2.16. The van der Waals surface area contributed by atoms with Crippen LogP contribution in [0.5, 0.6) is 5.75 Å². The molecule has 0 saturated heterocycles. The molecule has 0 radical (unpaired) electrons. The molecule has 0 aromatic heterocycles. The Labute approximate surface area is 114 Å². The highest BCUT2D eigenvalue weighted by Crippen LogP contribution is 2.33. The van der Waals surface area contributed by atoms with Gasteiger partial charge in [-0.2, -0.15) is 0 Å². The summed E-state index contributed by atoms with van der Waals surface area (Å²) < 4.78 is 5.40. The molecule has 0 amide bonds. The van der Waals surface area contributed by atoms with Crippen molar-refractivity contribution in [3.63, 3.8) is 0 Å². The van der Waals surface area contributed by atoms with Crippen LogP contribution in [0.1, 0.15) is 24.8 Å². The van der Waals surface area contributed by atoms with E-state index in [1.807, 2.05) is 24.3 Å². The molecular formula is C16H21NO2. The summed E-state index contributed by atoms with van der Waals surface area (Å²) in [6.07, 6.45) is 0.321. The number of nitrogens with two attached hydrogens (primary N) is 1. The number of aliphatic hydroxyl groups is 1. The van der Waals surface area contributed by atoms with Crippen molar-refractivity contribution in [1.82, 2.24) is 0 Å². The maximum absolute atomic E-state index is 9.61. The van der Waals surface area contributed by atoms with Gasteiger partial charge in [-0.15, -0.1) is 0 Å². The third-order valence-electron chi connectivity index (χ3n) is 3.49. The van der Waals surface area contributed by atoms with Gasteiger partial charge in [0.2, 0.25) is 0 Å². The molecule has 0 fully saturated rings. The van der Waals surface area contributed by atoms with E-state index in [9.17, 15) is 5.11 Å². The van der Waals surface area contributed by atoms with E-state index in [1.165, 1.54) is 5.56 Å². The SMILES string of the molecule is COc1ccc(C(CN)CC(C)O)c2ccccc12. The van der Waals surface area contributed by atoms with E-state index in [2.05, 4.69) is 12.1 Å². The number of hydrogen-bond acceptors (Lipinski definition) is 3. The Balaban J connectivity index is 2.54. The number of methoxy groups -OCH3 is 1. The summed E-state index contributed by atoms with van der Waals surface area (Å²) in [6.45, 7) is 2.33. The summed E-state index contributed by atoms with van der Waals surface area (Å²) in [5, 5.41) is 11.8. The fourth-order valence-electron chi connectivity index (χ4n) is 2.59. The van der Waals surface area contributed by atoms with Gasteiger partial charge in [-0.05, 0) is 42.8 Å². The van der Waals surface area contributed by atoms with Gasteiger partial charge < -0.3 is 15.6 Å². The van der Waals surface area contributed by atoms with E-state index < -0.39 is 0 Å². The number of benzene rings is 2. The minimum Gasteiger partial charge on any atom is -0.496 e. The lowest BCUT2D eigenvalue weighted by molar-refractivity contribution is 0.175. The summed E-state index contributed by atoms with van der Waals surface area (Å²) >= 11 is 0. The summed E-state index contributed by atoms with van der Waals surface area (Å²) in [4.78, 5) is 0. The molecule has 2 atom stereocenters. The monoisotopic (exact) mass is 259 g/mol. The number of rotatable bonds is 5. The average Bonchev–Trinajstić information content (AvgIpc) is 2.43. The van der Waals surface area contributed by atoms with Crippen LogP contribution < -0.4 is 10.5 Å². The van der Waals surface area contributed by atoms with Crippen molar-refractivity contribution in [3.05, 3.63) is 42.0 Å². The van der Waals surface area contributed by atoms with Gasteiger partial charge in [0.15, 0.2) is 0 Å². The predicted molar refractivity (Wildman–Crippen MR) is 78.6 cm³/mol. The van der Waals surface area contributed by atoms with E-state index in [4.69, 9.17) is 10.5 Å². The molecule has 2 unspecified atom stereocenters. The second-order valence-corrected chi connectivity index (χ2v) is 4.92. The van der Waals surface area contributed by atoms with Gasteiger partial charge in [0.25, 0.3) is 0 Å². The molecule has 3 N–H and O–H groups in total. The molecule has 3 heteroatoms. The van der Waals surface area contributed by atoms with Crippen molar-refractivity contribution >= 4 is 10.8 Å². The number of fused-ring (bicyclic) bond motifs is 1. The predicted octanol–water partition coefficient (Wildman–Crippen LogP) is 2.66. The summed E-state index contributed by atoms with van der Waals surface area (Å²) in [6, 6.07) is 12.2. The zero-order valence-corrected chi connectivity index (χ0v) is 11.5. The van der Waals surface area contributed by atoms with E-state index in [-0.39, 0.29) is 12.0 Å². The Morgan fingerprint density at radius 3 is 2.42 bits per heavy atom. The Kier molecular flexibility index (Phi) is 4.40. The fraction of sp³-hybridized carbons (Fsp3) is 0.375. The molecule has 2 aromatic carbocycles. The molecule has 0 bridgehead atoms. The highest BCUT2D eigenvalue weighted by molar-refractivity contribution is 5.91. The van der Waals surface area contributed by atoms with Crippen molar-refractivity contribution in [3.8, 4) is 5.75 Å². The summed E-state index contributed by atoms with van der Waals surface area (Å²) in [7, 11) is 1.68. The van der Waals surface area contributed by atoms with Crippen LogP contribution in [-0.2, 0) is 0 Å². The highest BCUT2D eigenvalue weighted by atomic mass is 16.5. The van der Waals surface area contributed by atoms with Crippen molar-refractivity contribution in [1.29, 1.82) is 0 Å². The fourth-order valence-corrected chi connectivity index (χ4v) is 2.59. The molecule has 0 heterocycles. The second-order valence-electron chi connectivity index (χ2n) is 4.92. The molecule has 3 nitrogen and oxygen atoms in total. The number of ether oxygens (including phenoxy) is 1. The van der Waals surface area contributed by atoms with E-state index in [0.717, 1.165) is 16.5 Å². The first kappa shape index (κ1) is 13.8. The third-order valence-corrected chi connectivity index (χ3v) is 3.49. The molecule has 2 aromatic rings. The van der Waals surface area contributed by atoms with Gasteiger partial charge in [0.1, 0.15) is 5.75 Å². The van der Waals surface area contributed by atoms with Crippen molar-refractivity contribution in [2.45, 2.75) is 25.4 Å². The molecule has 19 heavy (non-hydrogen) atoms. The van der Waals surface area contributed by atoms with Crippen LogP contribution in [-0.4, -0.2) is 24.9 Å². The molecule has 2 rings (SSSR count). The minimum atomic E-state index is -0.352. The molecular weight excluding hydrogens is 238 g/mol. The maximum atomic E-state index is 9.61. The van der Waals surface area contributed by atoms with Gasteiger partial charge in [0, 0.05) is 5.39 Å². The first-order valence-electron chi connectivity index (χ1n) is 6.61. The molecule has 0 saturated carbocycles. The van der Waals surface area contributed by atoms with Crippen LogP contribution in [0.25, 0.3) is 10.8 Å². The van der Waals surface area contributed by atoms with Gasteiger partial charge in [0.05, 0.1) is 13.2 Å². The molecule has 102 valence electrons. The van der Waals surface area contributed by atoms with Gasteiger partial charge in [-0.3, -0.25) is 0 Å². The zero-order chi connectivity index (χ0) is 13.8. The summed E-state index contributed by atoms with van der Waals surface area (Å²) in [5.74, 6) is 1.03. The van der Waals surface area contributed by atoms with E-state index >= 15 is 0 Å². The van der Waals surface area contributed by atoms with Gasteiger partial charge in [-0.25, -0.2) is 0 Å². The van der Waals surface area contributed by atoms with Gasteiger partial charge in [-0.1, -0.05) is 30.3 Å². The van der Waals surface area contributed by atoms with Crippen molar-refractivity contribution in [2.24, 2.45) is 5.73 Å². The van der Waals surface area contributed by atoms with Crippen molar-refractivity contribution < 1.29 is 9.84 Å². The Bertz CT molecular complexity index is 551. The summed E-state index contributed by atoms with van der Waals surface area (Å²) in [5.41, 5.74) is 7.05. The second kappa shape index (κ2) is 6.04. The number of hydrogen-bond donors (Lipinski definition) is 2. The molecule has 0 aliphatic carbocycles. The standard InChI is InChI=1S/C16H21NO2/c1-11(18)9-12(10-17)13-7-8-16(19-2)15-6-4-3-5-14(13)15/h3-8,11-12,18H,9-10,17H2,1-2H3.